The number of esters is 2. The van der Waals surface area contributed by atoms with Gasteiger partial charge in [0.05, 0.1) is 35.1 Å². The zero-order valence-corrected chi connectivity index (χ0v) is 27.0. The van der Waals surface area contributed by atoms with E-state index in [2.05, 4.69) is 63.6 Å². The Morgan fingerprint density at radius 1 is 0.870 bits per heavy atom. The predicted octanol–water partition coefficient (Wildman–Crippen LogP) is 5.37. The Hall–Kier alpha value is -4.51. The molecule has 2 aliphatic rings. The lowest BCUT2D eigenvalue weighted by Gasteiger charge is -2.39. The number of hydrogen-bond acceptors (Lipinski definition) is 9. The van der Waals surface area contributed by atoms with Crippen molar-refractivity contribution in [2.45, 2.75) is 25.8 Å². The molecule has 2 aliphatic heterocycles. The fourth-order valence-electron chi connectivity index (χ4n) is 6.27. The molecule has 0 radical (unpaired) electrons. The van der Waals surface area contributed by atoms with Gasteiger partial charge in [0, 0.05) is 56.3 Å². The number of hydrogen-bond donors (Lipinski definition) is 1. The molecule has 11 heteroatoms. The zero-order chi connectivity index (χ0) is 31.9. The lowest BCUT2D eigenvalue weighted by atomic mass is 9.80. The van der Waals surface area contributed by atoms with E-state index in [9.17, 15) is 19.7 Å². The fraction of sp³-hybridized carbons (Fsp3) is 0.314. The summed E-state index contributed by atoms with van der Waals surface area (Å²) in [6, 6.07) is 27.2. The molecule has 0 aromatic heterocycles. The average molecular weight is 647 g/mol. The Morgan fingerprint density at radius 3 is 1.98 bits per heavy atom. The van der Waals surface area contributed by atoms with Gasteiger partial charge in [-0.2, -0.15) is 0 Å². The Labute approximate surface area is 275 Å². The fourth-order valence-corrected chi connectivity index (χ4v) is 6.27. The van der Waals surface area contributed by atoms with Crippen LogP contribution in [0.2, 0.25) is 0 Å². The number of non-ortho nitro benzene ring substituents is 1. The van der Waals surface area contributed by atoms with Crippen molar-refractivity contribution in [3.63, 3.8) is 0 Å². The van der Waals surface area contributed by atoms with E-state index in [-0.39, 0.29) is 41.9 Å². The number of rotatable bonds is 10. The van der Waals surface area contributed by atoms with Gasteiger partial charge in [-0.25, -0.2) is 9.59 Å². The molecular weight excluding hydrogens is 608 g/mol. The number of nitrogens with zero attached hydrogens (tertiary/aromatic N) is 3. The number of nitro benzene ring substituents is 1. The Kier molecular flexibility index (Phi) is 11.7. The summed E-state index contributed by atoms with van der Waals surface area (Å²) in [5, 5.41) is 14.6. The molecule has 1 fully saturated rings. The number of ether oxygens (including phenoxy) is 2. The molecule has 242 valence electrons. The van der Waals surface area contributed by atoms with Gasteiger partial charge in [-0.05, 0) is 30.5 Å². The minimum Gasteiger partial charge on any atom is -0.466 e. The maximum atomic E-state index is 13.6. The van der Waals surface area contributed by atoms with E-state index in [4.69, 9.17) is 9.47 Å². The van der Waals surface area contributed by atoms with Crippen LogP contribution in [0.1, 0.15) is 42.5 Å². The maximum Gasteiger partial charge on any atom is 0.336 e. The lowest BCUT2D eigenvalue weighted by Crippen LogP contribution is -2.48. The average Bonchev–Trinajstić information content (AvgIpc) is 3.06. The lowest BCUT2D eigenvalue weighted by molar-refractivity contribution is -0.384. The highest BCUT2D eigenvalue weighted by molar-refractivity contribution is 5.99. The first-order chi connectivity index (χ1) is 21.8. The van der Waals surface area contributed by atoms with Crippen LogP contribution in [0.3, 0.4) is 0 Å². The van der Waals surface area contributed by atoms with Gasteiger partial charge in [0.1, 0.15) is 6.61 Å². The number of methoxy groups -OCH3 is 1. The molecule has 0 aliphatic carbocycles. The minimum absolute atomic E-state index is 0. The summed E-state index contributed by atoms with van der Waals surface area (Å²) in [5.41, 5.74) is 4.25. The number of benzene rings is 3. The van der Waals surface area contributed by atoms with Crippen molar-refractivity contribution in [2.75, 3.05) is 46.4 Å². The van der Waals surface area contributed by atoms with E-state index >= 15 is 0 Å². The van der Waals surface area contributed by atoms with Crippen LogP contribution >= 0.6 is 12.4 Å². The number of dihydropyridines is 1. The summed E-state index contributed by atoms with van der Waals surface area (Å²) in [6.45, 7) is 7.52. The van der Waals surface area contributed by atoms with Gasteiger partial charge in [-0.3, -0.25) is 19.9 Å². The second kappa shape index (κ2) is 15.7. The molecule has 0 spiro atoms. The summed E-state index contributed by atoms with van der Waals surface area (Å²) in [5.74, 6) is -2.10. The highest BCUT2D eigenvalue weighted by Gasteiger charge is 2.38. The minimum atomic E-state index is -0.887. The molecule has 2 heterocycles. The van der Waals surface area contributed by atoms with Crippen LogP contribution in [-0.2, 0) is 19.1 Å². The van der Waals surface area contributed by atoms with Crippen molar-refractivity contribution in [1.29, 1.82) is 0 Å². The Morgan fingerprint density at radius 2 is 1.43 bits per heavy atom. The first-order valence-electron chi connectivity index (χ1n) is 15.0. The maximum absolute atomic E-state index is 13.6. The molecular formula is C35H39ClN4O6. The number of carbonyl (C=O) groups is 2. The predicted molar refractivity (Wildman–Crippen MR) is 177 cm³/mol. The third kappa shape index (κ3) is 7.64. The number of halogens is 1. The number of nitrogens with one attached hydrogen (secondary N) is 1. The summed E-state index contributed by atoms with van der Waals surface area (Å²) in [7, 11) is 1.26. The quantitative estimate of drug-likeness (QED) is 0.176. The molecule has 5 rings (SSSR count). The van der Waals surface area contributed by atoms with Crippen molar-refractivity contribution >= 4 is 30.0 Å². The van der Waals surface area contributed by atoms with E-state index in [1.807, 2.05) is 12.1 Å². The number of allylic oxidation sites excluding steroid dienone is 2. The van der Waals surface area contributed by atoms with Crippen LogP contribution in [0, 0.1) is 10.1 Å². The van der Waals surface area contributed by atoms with Gasteiger partial charge < -0.3 is 14.8 Å². The van der Waals surface area contributed by atoms with Crippen molar-refractivity contribution in [1.82, 2.24) is 15.1 Å². The summed E-state index contributed by atoms with van der Waals surface area (Å²) < 4.78 is 10.8. The Bertz CT molecular complexity index is 1560. The third-order valence-corrected chi connectivity index (χ3v) is 8.44. The molecule has 0 amide bonds. The van der Waals surface area contributed by atoms with Crippen molar-refractivity contribution in [3.8, 4) is 0 Å². The number of carbonyl (C=O) groups excluding carboxylic acids is 2. The molecule has 46 heavy (non-hydrogen) atoms. The van der Waals surface area contributed by atoms with E-state index in [0.29, 0.717) is 23.5 Å². The topological polar surface area (TPSA) is 114 Å². The third-order valence-electron chi connectivity index (χ3n) is 8.44. The van der Waals surface area contributed by atoms with E-state index in [1.54, 1.807) is 19.9 Å². The van der Waals surface area contributed by atoms with Gasteiger partial charge >= 0.3 is 11.9 Å². The smallest absolute Gasteiger partial charge is 0.336 e. The second-order valence-corrected chi connectivity index (χ2v) is 11.2. The molecule has 0 bridgehead atoms. The van der Waals surface area contributed by atoms with E-state index in [0.717, 1.165) is 26.2 Å². The van der Waals surface area contributed by atoms with Crippen molar-refractivity contribution in [2.24, 2.45) is 0 Å². The SMILES string of the molecule is COC(=O)C1=C(C)NC(C)=C(C(=O)OCCN2CCN(C(c3ccccc3)c3ccccc3)CC2)C1c1cccc([N+](=O)[O-])c1.Cl. The largest absolute Gasteiger partial charge is 0.466 e. The van der Waals surface area contributed by atoms with Crippen molar-refractivity contribution < 1.29 is 24.0 Å². The normalized spacial score (nSPS) is 17.3. The van der Waals surface area contributed by atoms with Gasteiger partial charge in [-0.1, -0.05) is 72.8 Å². The van der Waals surface area contributed by atoms with E-state index < -0.39 is 22.8 Å². The monoisotopic (exact) mass is 646 g/mol. The highest BCUT2D eigenvalue weighted by Crippen LogP contribution is 2.40. The Balaban J connectivity index is 0.00000480. The summed E-state index contributed by atoms with van der Waals surface area (Å²) in [6.07, 6.45) is 0. The summed E-state index contributed by atoms with van der Waals surface area (Å²) in [4.78, 5) is 42.3. The number of nitro groups is 1. The van der Waals surface area contributed by atoms with Crippen LogP contribution in [0.5, 0.6) is 0 Å². The van der Waals surface area contributed by atoms with Gasteiger partial charge in [0.2, 0.25) is 0 Å². The first-order valence-corrected chi connectivity index (χ1v) is 15.0. The second-order valence-electron chi connectivity index (χ2n) is 11.2. The molecule has 0 saturated carbocycles. The van der Waals surface area contributed by atoms with Crippen LogP contribution < -0.4 is 5.32 Å². The molecule has 1 atom stereocenters. The van der Waals surface area contributed by atoms with Crippen LogP contribution in [-0.4, -0.2) is 73.1 Å². The zero-order valence-electron chi connectivity index (χ0n) is 26.2. The van der Waals surface area contributed by atoms with Crippen molar-refractivity contribution in [3.05, 3.63) is 134 Å². The molecule has 1 saturated heterocycles. The number of piperazine rings is 1. The molecule has 3 aromatic rings. The van der Waals surface area contributed by atoms with Crippen LogP contribution in [0.25, 0.3) is 0 Å². The summed E-state index contributed by atoms with van der Waals surface area (Å²) >= 11 is 0. The standard InChI is InChI=1S/C35H38N4O6.ClH/c1-24-30(34(40)44-3)32(28-15-10-16-29(23-28)39(42)43)31(25(2)36-24)35(41)45-22-21-37-17-19-38(20-18-37)33(26-11-6-4-7-12-26)27-13-8-5-9-14-27;/h4-16,23,32-33,36H,17-22H2,1-3H3;1H. The molecule has 10 nitrogen and oxygen atoms in total. The van der Waals surface area contributed by atoms with E-state index in [1.165, 1.54) is 36.4 Å². The molecule has 3 aromatic carbocycles. The highest BCUT2D eigenvalue weighted by atomic mass is 35.5. The van der Waals surface area contributed by atoms with Crippen LogP contribution in [0.4, 0.5) is 5.69 Å². The van der Waals surface area contributed by atoms with Gasteiger partial charge in [0.25, 0.3) is 5.69 Å². The van der Waals surface area contributed by atoms with Gasteiger partial charge in [0.15, 0.2) is 0 Å². The van der Waals surface area contributed by atoms with Gasteiger partial charge in [-0.15, -0.1) is 12.4 Å². The van der Waals surface area contributed by atoms with Crippen LogP contribution in [0.15, 0.2) is 107 Å². The molecule has 1 N–H and O–H groups in total. The first kappa shape index (κ1) is 34.4. The molecule has 1 unspecified atom stereocenters.